The van der Waals surface area contributed by atoms with Gasteiger partial charge in [0, 0.05) is 5.02 Å². The predicted molar refractivity (Wildman–Crippen MR) is 92.0 cm³/mol. The summed E-state index contributed by atoms with van der Waals surface area (Å²) in [7, 11) is 0. The Morgan fingerprint density at radius 1 is 1.08 bits per heavy atom. The van der Waals surface area contributed by atoms with Crippen LogP contribution in [0.1, 0.15) is 10.4 Å². The zero-order valence-electron chi connectivity index (χ0n) is 13.0. The van der Waals surface area contributed by atoms with Gasteiger partial charge in [-0.2, -0.15) is 0 Å². The maximum atomic E-state index is 13.0. The molecular weight excluding hydrogens is 326 g/mol. The number of carbonyl (C=O) groups excluding carboxylic acids is 2. The zero-order chi connectivity index (χ0) is 16.7. The van der Waals surface area contributed by atoms with E-state index >= 15 is 0 Å². The molecule has 1 atom stereocenters. The summed E-state index contributed by atoms with van der Waals surface area (Å²) >= 11 is 5.94. The van der Waals surface area contributed by atoms with Crippen molar-refractivity contribution in [2.45, 2.75) is 6.04 Å². The van der Waals surface area contributed by atoms with Crippen molar-refractivity contribution in [3.8, 4) is 11.1 Å². The lowest BCUT2D eigenvalue weighted by Crippen LogP contribution is -2.92. The monoisotopic (exact) mass is 342 g/mol. The average molecular weight is 343 g/mol. The number of hydrogen-bond donors (Lipinski definition) is 2. The molecule has 2 amide bonds. The van der Waals surface area contributed by atoms with E-state index in [1.165, 1.54) is 0 Å². The number of nitrogens with zero attached hydrogens (tertiary/aromatic N) is 1. The summed E-state index contributed by atoms with van der Waals surface area (Å²) in [6.07, 6.45) is 0. The first-order chi connectivity index (χ1) is 11.6. The van der Waals surface area contributed by atoms with E-state index in [0.717, 1.165) is 17.7 Å². The number of hydrogen-bond acceptors (Lipinski definition) is 2. The Labute approximate surface area is 144 Å². The third-order valence-electron chi connectivity index (χ3n) is 4.59. The number of anilines is 1. The highest BCUT2D eigenvalue weighted by Crippen LogP contribution is 2.29. The van der Waals surface area contributed by atoms with Crippen LogP contribution in [0.3, 0.4) is 0 Å². The van der Waals surface area contributed by atoms with Gasteiger partial charge >= 0.3 is 0 Å². The smallest absolute Gasteiger partial charge is 0.257 e. The third-order valence-corrected chi connectivity index (χ3v) is 4.84. The first kappa shape index (κ1) is 15.2. The van der Waals surface area contributed by atoms with Crippen molar-refractivity contribution in [2.75, 3.05) is 25.0 Å². The second-order valence-electron chi connectivity index (χ2n) is 6.08. The molecule has 1 saturated heterocycles. The fourth-order valence-electron chi connectivity index (χ4n) is 3.30. The van der Waals surface area contributed by atoms with Crippen molar-refractivity contribution in [3.63, 3.8) is 0 Å². The largest absolute Gasteiger partial charge is 0.343 e. The molecule has 3 N–H and O–H groups in total. The van der Waals surface area contributed by atoms with E-state index in [0.29, 0.717) is 29.4 Å². The van der Waals surface area contributed by atoms with Gasteiger partial charge in [-0.3, -0.25) is 9.59 Å². The van der Waals surface area contributed by atoms with Crippen molar-refractivity contribution in [1.29, 1.82) is 0 Å². The molecule has 0 spiro atoms. The molecule has 5 nitrogen and oxygen atoms in total. The standard InChI is InChI=1S/C18H16ClN3O2/c19-13-4-1-11(2-5-13)12-3-6-15-14(9-12)18(24)22-8-7-20-10-16(22)17(23)21-15/h1-6,9,16,20H,7-8,10H2,(H,21,23)/p+1/t16-/m1/s1. The maximum Gasteiger partial charge on any atom is 0.257 e. The molecule has 6 heteroatoms. The van der Waals surface area contributed by atoms with Gasteiger partial charge in [-0.1, -0.05) is 29.8 Å². The van der Waals surface area contributed by atoms with Crippen LogP contribution in [0.2, 0.25) is 5.02 Å². The molecule has 122 valence electrons. The Morgan fingerprint density at radius 2 is 1.83 bits per heavy atom. The molecule has 4 rings (SSSR count). The fourth-order valence-corrected chi connectivity index (χ4v) is 3.43. The van der Waals surface area contributed by atoms with E-state index in [-0.39, 0.29) is 11.8 Å². The molecule has 0 bridgehead atoms. The SMILES string of the molecule is O=C1Nc2ccc(-c3ccc(Cl)cc3)cc2C(=O)N2CC[NH2+]C[C@H]12. The summed E-state index contributed by atoms with van der Waals surface area (Å²) in [6.45, 7) is 2.01. The van der Waals surface area contributed by atoms with Gasteiger partial charge in [-0.15, -0.1) is 0 Å². The number of amides is 2. The minimum atomic E-state index is -0.405. The first-order valence-corrected chi connectivity index (χ1v) is 8.35. The van der Waals surface area contributed by atoms with E-state index in [2.05, 4.69) is 10.6 Å². The van der Waals surface area contributed by atoms with Crippen molar-refractivity contribution in [3.05, 3.63) is 53.1 Å². The lowest BCUT2D eigenvalue weighted by Gasteiger charge is -2.30. The highest BCUT2D eigenvalue weighted by molar-refractivity contribution is 6.30. The second kappa shape index (κ2) is 5.92. The second-order valence-corrected chi connectivity index (χ2v) is 6.52. The van der Waals surface area contributed by atoms with Crippen LogP contribution in [-0.4, -0.2) is 42.4 Å². The topological polar surface area (TPSA) is 66.0 Å². The number of benzene rings is 2. The van der Waals surface area contributed by atoms with E-state index < -0.39 is 6.04 Å². The van der Waals surface area contributed by atoms with E-state index in [1.807, 2.05) is 36.4 Å². The summed E-state index contributed by atoms with van der Waals surface area (Å²) in [6, 6.07) is 12.6. The summed E-state index contributed by atoms with van der Waals surface area (Å²) in [5, 5.41) is 5.64. The van der Waals surface area contributed by atoms with Gasteiger partial charge in [-0.05, 0) is 35.4 Å². The fraction of sp³-hybridized carbons (Fsp3) is 0.222. The summed E-state index contributed by atoms with van der Waals surface area (Å²) in [5.74, 6) is -0.199. The lowest BCUT2D eigenvalue weighted by atomic mass is 10.0. The van der Waals surface area contributed by atoms with Crippen molar-refractivity contribution in [2.24, 2.45) is 0 Å². The van der Waals surface area contributed by atoms with Crippen LogP contribution in [0, 0.1) is 0 Å². The molecule has 0 aliphatic carbocycles. The average Bonchev–Trinajstić information content (AvgIpc) is 2.71. The number of piperazine rings is 1. The Kier molecular flexibility index (Phi) is 3.75. The normalized spacial score (nSPS) is 20.0. The first-order valence-electron chi connectivity index (χ1n) is 7.97. The van der Waals surface area contributed by atoms with Gasteiger partial charge in [0.05, 0.1) is 24.3 Å². The van der Waals surface area contributed by atoms with Gasteiger partial charge in [0.25, 0.3) is 11.8 Å². The molecular formula is C18H17ClN3O2+. The number of nitrogens with two attached hydrogens (primary N) is 1. The van der Waals surface area contributed by atoms with Gasteiger partial charge in [0.1, 0.15) is 6.54 Å². The van der Waals surface area contributed by atoms with Crippen LogP contribution >= 0.6 is 11.6 Å². The van der Waals surface area contributed by atoms with Crippen LogP contribution in [0.25, 0.3) is 11.1 Å². The van der Waals surface area contributed by atoms with Gasteiger partial charge < -0.3 is 15.5 Å². The van der Waals surface area contributed by atoms with Crippen molar-refractivity contribution in [1.82, 2.24) is 4.90 Å². The molecule has 2 aromatic rings. The molecule has 2 aliphatic rings. The number of nitrogens with one attached hydrogen (secondary N) is 1. The number of rotatable bonds is 1. The molecule has 1 fully saturated rings. The van der Waals surface area contributed by atoms with Crippen LogP contribution in [0.5, 0.6) is 0 Å². The summed E-state index contributed by atoms with van der Waals surface area (Å²) in [4.78, 5) is 27.0. The van der Waals surface area contributed by atoms with E-state index in [4.69, 9.17) is 11.6 Å². The van der Waals surface area contributed by atoms with Gasteiger partial charge in [0.2, 0.25) is 0 Å². The Hall–Kier alpha value is -2.37. The molecule has 24 heavy (non-hydrogen) atoms. The molecule has 2 heterocycles. The number of quaternary nitrogens is 1. The summed E-state index contributed by atoms with van der Waals surface area (Å²) < 4.78 is 0. The highest BCUT2D eigenvalue weighted by atomic mass is 35.5. The quantitative estimate of drug-likeness (QED) is 0.821. The third kappa shape index (κ3) is 2.56. The molecule has 0 aromatic heterocycles. The maximum absolute atomic E-state index is 13.0. The molecule has 0 radical (unpaired) electrons. The molecule has 2 aromatic carbocycles. The summed E-state index contributed by atoms with van der Waals surface area (Å²) in [5.41, 5.74) is 3.03. The number of halogens is 1. The van der Waals surface area contributed by atoms with Crippen LogP contribution in [0.4, 0.5) is 5.69 Å². The van der Waals surface area contributed by atoms with Crippen molar-refractivity contribution >= 4 is 29.1 Å². The van der Waals surface area contributed by atoms with Crippen molar-refractivity contribution < 1.29 is 14.9 Å². The van der Waals surface area contributed by atoms with Gasteiger partial charge in [-0.25, -0.2) is 0 Å². The van der Waals surface area contributed by atoms with Crippen LogP contribution < -0.4 is 10.6 Å². The Morgan fingerprint density at radius 3 is 2.62 bits per heavy atom. The minimum Gasteiger partial charge on any atom is -0.343 e. The Bertz CT molecular complexity index is 820. The zero-order valence-corrected chi connectivity index (χ0v) is 13.7. The van der Waals surface area contributed by atoms with E-state index in [1.54, 1.807) is 11.0 Å². The number of fused-ring (bicyclic) bond motifs is 2. The predicted octanol–water partition coefficient (Wildman–Crippen LogP) is 1.35. The molecule has 0 saturated carbocycles. The van der Waals surface area contributed by atoms with Crippen LogP contribution in [0.15, 0.2) is 42.5 Å². The number of carbonyl (C=O) groups is 2. The highest BCUT2D eigenvalue weighted by Gasteiger charge is 2.38. The Balaban J connectivity index is 1.77. The molecule has 2 aliphatic heterocycles. The van der Waals surface area contributed by atoms with Crippen LogP contribution in [-0.2, 0) is 4.79 Å². The lowest BCUT2D eigenvalue weighted by molar-refractivity contribution is -0.665. The molecule has 0 unspecified atom stereocenters. The van der Waals surface area contributed by atoms with E-state index in [9.17, 15) is 9.59 Å². The van der Waals surface area contributed by atoms with Gasteiger partial charge in [0.15, 0.2) is 6.04 Å². The minimum absolute atomic E-state index is 0.0859.